The van der Waals surface area contributed by atoms with Crippen LogP contribution in [0.15, 0.2) is 41.3 Å². The van der Waals surface area contributed by atoms with Gasteiger partial charge in [0.05, 0.1) is 17.8 Å². The predicted molar refractivity (Wildman–Crippen MR) is 84.2 cm³/mol. The monoisotopic (exact) mass is 378 g/mol. The van der Waals surface area contributed by atoms with Gasteiger partial charge in [-0.1, -0.05) is 15.9 Å². The normalized spacial score (nSPS) is 14.3. The number of anilines is 1. The average molecular weight is 379 g/mol. The van der Waals surface area contributed by atoms with Gasteiger partial charge in [0.1, 0.15) is 11.5 Å². The Morgan fingerprint density at radius 2 is 2.09 bits per heavy atom. The van der Waals surface area contributed by atoms with Crippen LogP contribution in [0.25, 0.3) is 0 Å². The number of hydrogen-bond donors (Lipinski definition) is 1. The average Bonchev–Trinajstić information content (AvgIpc) is 2.49. The van der Waals surface area contributed by atoms with Crippen LogP contribution < -0.4 is 5.32 Å². The number of rotatable bonds is 3. The summed E-state index contributed by atoms with van der Waals surface area (Å²) in [7, 11) is 0. The van der Waals surface area contributed by atoms with E-state index in [4.69, 9.17) is 0 Å². The molecule has 8 heteroatoms. The molecule has 0 bridgehead atoms. The highest BCUT2D eigenvalue weighted by Gasteiger charge is 2.36. The molecule has 23 heavy (non-hydrogen) atoms. The van der Waals surface area contributed by atoms with Crippen LogP contribution in [0.3, 0.4) is 0 Å². The van der Waals surface area contributed by atoms with Gasteiger partial charge < -0.3 is 10.2 Å². The van der Waals surface area contributed by atoms with E-state index in [1.807, 2.05) is 0 Å². The highest BCUT2D eigenvalue weighted by atomic mass is 79.9. The molecule has 0 spiro atoms. The van der Waals surface area contributed by atoms with Crippen molar-refractivity contribution in [1.29, 1.82) is 0 Å². The van der Waals surface area contributed by atoms with Crippen LogP contribution in [0.2, 0.25) is 0 Å². The third-order valence-electron chi connectivity index (χ3n) is 3.51. The van der Waals surface area contributed by atoms with Crippen LogP contribution in [0.4, 0.5) is 10.1 Å². The van der Waals surface area contributed by atoms with Crippen LogP contribution in [-0.2, 0) is 4.79 Å². The lowest BCUT2D eigenvalue weighted by molar-refractivity contribution is -0.123. The quantitative estimate of drug-likeness (QED) is 0.886. The van der Waals surface area contributed by atoms with Crippen molar-refractivity contribution < 1.29 is 14.0 Å². The molecule has 2 aromatic rings. The number of hydrogen-bond acceptors (Lipinski definition) is 4. The summed E-state index contributed by atoms with van der Waals surface area (Å²) in [6, 6.07) is 4.40. The lowest BCUT2D eigenvalue weighted by Crippen LogP contribution is -2.54. The maximum atomic E-state index is 13.7. The van der Waals surface area contributed by atoms with Crippen LogP contribution in [0.5, 0.6) is 0 Å². The Balaban J connectivity index is 1.57. The summed E-state index contributed by atoms with van der Waals surface area (Å²) >= 11 is 3.15. The number of halogens is 2. The first kappa shape index (κ1) is 15.5. The number of nitrogens with zero attached hydrogens (tertiary/aromatic N) is 3. The van der Waals surface area contributed by atoms with Crippen molar-refractivity contribution >= 4 is 33.4 Å². The minimum absolute atomic E-state index is 0.122. The molecule has 0 atom stereocenters. The molecule has 3 rings (SSSR count). The molecule has 1 fully saturated rings. The topological polar surface area (TPSA) is 75.2 Å². The van der Waals surface area contributed by atoms with Gasteiger partial charge in [0.15, 0.2) is 0 Å². The second-order valence-electron chi connectivity index (χ2n) is 5.11. The van der Waals surface area contributed by atoms with Crippen molar-refractivity contribution in [2.24, 2.45) is 5.92 Å². The smallest absolute Gasteiger partial charge is 0.274 e. The Morgan fingerprint density at radius 3 is 2.74 bits per heavy atom. The van der Waals surface area contributed by atoms with Crippen LogP contribution in [0.1, 0.15) is 10.5 Å². The first-order valence-corrected chi connectivity index (χ1v) is 7.65. The largest absolute Gasteiger partial charge is 0.336 e. The van der Waals surface area contributed by atoms with Crippen LogP contribution in [0, 0.1) is 11.7 Å². The molecule has 1 saturated heterocycles. The van der Waals surface area contributed by atoms with Crippen molar-refractivity contribution in [2.45, 2.75) is 0 Å². The Morgan fingerprint density at radius 1 is 1.30 bits per heavy atom. The number of amides is 2. The minimum atomic E-state index is -0.514. The Bertz CT molecular complexity index is 750. The summed E-state index contributed by atoms with van der Waals surface area (Å²) in [5, 5.41) is 2.54. The van der Waals surface area contributed by atoms with Gasteiger partial charge in [-0.2, -0.15) is 0 Å². The zero-order valence-corrected chi connectivity index (χ0v) is 13.5. The van der Waals surface area contributed by atoms with Crippen molar-refractivity contribution in [3.8, 4) is 0 Å². The maximum Gasteiger partial charge on any atom is 0.274 e. The SMILES string of the molecule is O=C(Nc1ccc(Br)cc1F)C1CN(C(=O)c2cnccn2)C1. The lowest BCUT2D eigenvalue weighted by Gasteiger charge is -2.37. The van der Waals surface area contributed by atoms with Gasteiger partial charge in [-0.15, -0.1) is 0 Å². The Hall–Kier alpha value is -2.35. The van der Waals surface area contributed by atoms with Gasteiger partial charge in [0.2, 0.25) is 5.91 Å². The second-order valence-corrected chi connectivity index (χ2v) is 6.03. The summed E-state index contributed by atoms with van der Waals surface area (Å²) in [6.45, 7) is 0.554. The Labute approximate surface area is 139 Å². The minimum Gasteiger partial charge on any atom is -0.336 e. The van der Waals surface area contributed by atoms with E-state index in [0.717, 1.165) is 0 Å². The van der Waals surface area contributed by atoms with E-state index in [1.165, 1.54) is 35.6 Å². The summed E-state index contributed by atoms with van der Waals surface area (Å²) in [5.41, 5.74) is 0.363. The van der Waals surface area contributed by atoms with Gasteiger partial charge in [-0.05, 0) is 18.2 Å². The second kappa shape index (κ2) is 6.41. The predicted octanol–water partition coefficient (Wildman–Crippen LogP) is 2.09. The summed E-state index contributed by atoms with van der Waals surface area (Å²) in [6.07, 6.45) is 4.30. The summed E-state index contributed by atoms with van der Waals surface area (Å²) in [5.74, 6) is -1.45. The molecule has 1 aromatic heterocycles. The van der Waals surface area contributed by atoms with Crippen LogP contribution >= 0.6 is 15.9 Å². The van der Waals surface area contributed by atoms with E-state index in [2.05, 4.69) is 31.2 Å². The fourth-order valence-electron chi connectivity index (χ4n) is 2.21. The lowest BCUT2D eigenvalue weighted by atomic mass is 9.98. The summed E-state index contributed by atoms with van der Waals surface area (Å²) in [4.78, 5) is 33.4. The number of aromatic nitrogens is 2. The number of carbonyl (C=O) groups is 2. The molecule has 2 amide bonds. The number of nitrogens with one attached hydrogen (secondary N) is 1. The van der Waals surface area contributed by atoms with Gasteiger partial charge in [-0.3, -0.25) is 14.6 Å². The van der Waals surface area contributed by atoms with E-state index in [9.17, 15) is 14.0 Å². The Kier molecular flexibility index (Phi) is 4.33. The molecule has 118 valence electrons. The van der Waals surface area contributed by atoms with Crippen LogP contribution in [-0.4, -0.2) is 39.8 Å². The molecule has 0 saturated carbocycles. The third-order valence-corrected chi connectivity index (χ3v) is 4.00. The fraction of sp³-hybridized carbons (Fsp3) is 0.200. The fourth-order valence-corrected chi connectivity index (χ4v) is 2.54. The summed E-state index contributed by atoms with van der Waals surface area (Å²) < 4.78 is 14.3. The molecule has 0 radical (unpaired) electrons. The van der Waals surface area contributed by atoms with E-state index in [-0.39, 0.29) is 42.2 Å². The number of likely N-dealkylation sites (tertiary alicyclic amines) is 1. The van der Waals surface area contributed by atoms with Crippen molar-refractivity contribution in [2.75, 3.05) is 18.4 Å². The molecule has 6 nitrogen and oxygen atoms in total. The first-order chi connectivity index (χ1) is 11.0. The van der Waals surface area contributed by atoms with Gasteiger partial charge >= 0.3 is 0 Å². The number of benzene rings is 1. The molecule has 1 aliphatic rings. The number of carbonyl (C=O) groups excluding carboxylic acids is 2. The zero-order chi connectivity index (χ0) is 16.4. The van der Waals surface area contributed by atoms with E-state index in [1.54, 1.807) is 6.07 Å². The molecule has 0 aliphatic carbocycles. The van der Waals surface area contributed by atoms with E-state index in [0.29, 0.717) is 4.47 Å². The van der Waals surface area contributed by atoms with Gasteiger partial charge in [-0.25, -0.2) is 9.37 Å². The zero-order valence-electron chi connectivity index (χ0n) is 11.9. The molecule has 1 aromatic carbocycles. The van der Waals surface area contributed by atoms with Crippen molar-refractivity contribution in [3.63, 3.8) is 0 Å². The maximum absolute atomic E-state index is 13.7. The molecular weight excluding hydrogens is 367 g/mol. The molecular formula is C15H12BrFN4O2. The van der Waals surface area contributed by atoms with Gasteiger partial charge in [0, 0.05) is 30.0 Å². The van der Waals surface area contributed by atoms with Gasteiger partial charge in [0.25, 0.3) is 5.91 Å². The molecule has 2 heterocycles. The highest BCUT2D eigenvalue weighted by Crippen LogP contribution is 2.23. The third kappa shape index (κ3) is 3.37. The highest BCUT2D eigenvalue weighted by molar-refractivity contribution is 9.10. The van der Waals surface area contributed by atoms with Crippen molar-refractivity contribution in [1.82, 2.24) is 14.9 Å². The standard InChI is InChI=1S/C15H12BrFN4O2/c16-10-1-2-12(11(17)5-10)20-14(22)9-7-21(8-9)15(23)13-6-18-3-4-19-13/h1-6,9H,7-8H2,(H,20,22). The van der Waals surface area contributed by atoms with Crippen molar-refractivity contribution in [3.05, 3.63) is 52.8 Å². The van der Waals surface area contributed by atoms with E-state index < -0.39 is 5.82 Å². The molecule has 1 aliphatic heterocycles. The molecule has 0 unspecified atom stereocenters. The molecule has 1 N–H and O–H groups in total. The first-order valence-electron chi connectivity index (χ1n) is 6.86. The van der Waals surface area contributed by atoms with E-state index >= 15 is 0 Å².